The van der Waals surface area contributed by atoms with E-state index in [1.165, 1.54) is 12.1 Å². The van der Waals surface area contributed by atoms with E-state index in [9.17, 15) is 14.3 Å². The molecular weight excluding hydrogens is 267 g/mol. The van der Waals surface area contributed by atoms with Crippen LogP contribution in [0.4, 0.5) is 4.39 Å². The van der Waals surface area contributed by atoms with Gasteiger partial charge in [-0.2, -0.15) is 0 Å². The molecule has 0 aromatic heterocycles. The Hall–Kier alpha value is -1.38. The lowest BCUT2D eigenvalue weighted by Crippen LogP contribution is -2.49. The highest BCUT2D eigenvalue weighted by Crippen LogP contribution is 2.58. The molecule has 1 N–H and O–H groups in total. The van der Waals surface area contributed by atoms with Crippen LogP contribution in [-0.4, -0.2) is 11.1 Å². The molecule has 2 aliphatic rings. The van der Waals surface area contributed by atoms with Crippen LogP contribution in [0.15, 0.2) is 24.3 Å². The van der Waals surface area contributed by atoms with Crippen molar-refractivity contribution in [1.82, 2.24) is 0 Å². The minimum absolute atomic E-state index is 0.0958. The number of carboxylic acids is 1. The third-order valence-electron chi connectivity index (χ3n) is 5.59. The van der Waals surface area contributed by atoms with Crippen LogP contribution < -0.4 is 0 Å². The summed E-state index contributed by atoms with van der Waals surface area (Å²) in [6, 6.07) is 6.73. The summed E-state index contributed by atoms with van der Waals surface area (Å²) in [6.07, 6.45) is 4.62. The van der Waals surface area contributed by atoms with Gasteiger partial charge in [0.1, 0.15) is 5.82 Å². The number of halogens is 1. The van der Waals surface area contributed by atoms with Crippen molar-refractivity contribution in [3.05, 3.63) is 35.6 Å². The highest BCUT2D eigenvalue weighted by atomic mass is 19.1. The van der Waals surface area contributed by atoms with E-state index >= 15 is 0 Å². The van der Waals surface area contributed by atoms with Gasteiger partial charge in [-0.15, -0.1) is 0 Å². The van der Waals surface area contributed by atoms with Gasteiger partial charge in [-0.3, -0.25) is 4.79 Å². The van der Waals surface area contributed by atoms with E-state index in [1.807, 2.05) is 19.1 Å². The molecule has 0 heterocycles. The van der Waals surface area contributed by atoms with Gasteiger partial charge in [0.25, 0.3) is 0 Å². The third-order valence-corrected chi connectivity index (χ3v) is 5.59. The van der Waals surface area contributed by atoms with E-state index in [-0.39, 0.29) is 11.2 Å². The standard InChI is InChI=1S/C18H23FO2/c1-12-7-13-9-17(2,16(20)21)11-18(8-12,10-13)14-3-5-15(19)6-4-14/h3-6,12-13H,7-11H2,1-2H3,(H,20,21). The molecule has 0 spiro atoms. The Kier molecular flexibility index (Phi) is 3.34. The lowest BCUT2D eigenvalue weighted by molar-refractivity contribution is -0.154. The summed E-state index contributed by atoms with van der Waals surface area (Å²) in [6.45, 7) is 4.14. The molecule has 0 radical (unpaired) electrons. The van der Waals surface area contributed by atoms with E-state index in [0.29, 0.717) is 18.3 Å². The lowest BCUT2D eigenvalue weighted by atomic mass is 9.50. The van der Waals surface area contributed by atoms with Gasteiger partial charge in [0.15, 0.2) is 0 Å². The van der Waals surface area contributed by atoms with Crippen LogP contribution in [0, 0.1) is 23.1 Å². The number of carboxylic acid groups (broad SMARTS) is 1. The normalized spacial score (nSPS) is 39.0. The SMILES string of the molecule is CC1CC2CC(C)(C(=O)O)CC(c3ccc(F)cc3)(C1)C2. The van der Waals surface area contributed by atoms with Gasteiger partial charge >= 0.3 is 5.97 Å². The van der Waals surface area contributed by atoms with Gasteiger partial charge in [-0.05, 0) is 74.0 Å². The van der Waals surface area contributed by atoms with Gasteiger partial charge in [0, 0.05) is 0 Å². The van der Waals surface area contributed by atoms with Gasteiger partial charge < -0.3 is 5.11 Å². The zero-order chi connectivity index (χ0) is 15.3. The fraction of sp³-hybridized carbons (Fsp3) is 0.611. The van der Waals surface area contributed by atoms with Crippen molar-refractivity contribution in [2.75, 3.05) is 0 Å². The number of benzene rings is 1. The van der Waals surface area contributed by atoms with E-state index in [1.54, 1.807) is 0 Å². The van der Waals surface area contributed by atoms with E-state index in [4.69, 9.17) is 0 Å². The molecular formula is C18H23FO2. The van der Waals surface area contributed by atoms with Crippen LogP contribution in [0.1, 0.15) is 51.5 Å². The summed E-state index contributed by atoms with van der Waals surface area (Å²) in [5.74, 6) is 0.154. The van der Waals surface area contributed by atoms with Crippen molar-refractivity contribution in [2.45, 2.75) is 51.4 Å². The first-order valence-electron chi connectivity index (χ1n) is 7.82. The second-order valence-corrected chi connectivity index (χ2v) is 7.65. The van der Waals surface area contributed by atoms with Crippen LogP contribution in [0.5, 0.6) is 0 Å². The maximum Gasteiger partial charge on any atom is 0.309 e. The predicted octanol–water partition coefficient (Wildman–Crippen LogP) is 4.38. The quantitative estimate of drug-likeness (QED) is 0.877. The Bertz CT molecular complexity index is 549. The molecule has 1 aromatic rings. The van der Waals surface area contributed by atoms with Crippen LogP contribution in [0.25, 0.3) is 0 Å². The zero-order valence-electron chi connectivity index (χ0n) is 12.7. The molecule has 114 valence electrons. The monoisotopic (exact) mass is 290 g/mol. The fourth-order valence-electron chi connectivity index (χ4n) is 5.10. The van der Waals surface area contributed by atoms with Crippen molar-refractivity contribution < 1.29 is 14.3 Å². The number of rotatable bonds is 2. The average Bonchev–Trinajstić information content (AvgIpc) is 2.37. The molecule has 0 amide bonds. The van der Waals surface area contributed by atoms with Crippen LogP contribution >= 0.6 is 0 Å². The highest BCUT2D eigenvalue weighted by molar-refractivity contribution is 5.74. The van der Waals surface area contributed by atoms with Crippen molar-refractivity contribution in [1.29, 1.82) is 0 Å². The zero-order valence-corrected chi connectivity index (χ0v) is 12.7. The Balaban J connectivity index is 2.03. The summed E-state index contributed by atoms with van der Waals surface area (Å²) in [5, 5.41) is 9.66. The summed E-state index contributed by atoms with van der Waals surface area (Å²) in [7, 11) is 0. The number of aliphatic carboxylic acids is 1. The topological polar surface area (TPSA) is 37.3 Å². The van der Waals surface area contributed by atoms with Gasteiger partial charge in [0.2, 0.25) is 0 Å². The molecule has 1 aromatic carbocycles. The van der Waals surface area contributed by atoms with Gasteiger partial charge in [0.05, 0.1) is 5.41 Å². The highest BCUT2D eigenvalue weighted by Gasteiger charge is 2.53. The molecule has 4 unspecified atom stereocenters. The smallest absolute Gasteiger partial charge is 0.309 e. The summed E-state index contributed by atoms with van der Waals surface area (Å²) in [4.78, 5) is 11.8. The summed E-state index contributed by atoms with van der Waals surface area (Å²) >= 11 is 0. The Morgan fingerprint density at radius 1 is 1.24 bits per heavy atom. The molecule has 2 nitrogen and oxygen atoms in total. The molecule has 21 heavy (non-hydrogen) atoms. The molecule has 2 bridgehead atoms. The third kappa shape index (κ3) is 2.47. The second kappa shape index (κ2) is 4.82. The Morgan fingerprint density at radius 2 is 1.90 bits per heavy atom. The first-order chi connectivity index (χ1) is 9.83. The first-order valence-corrected chi connectivity index (χ1v) is 7.82. The van der Waals surface area contributed by atoms with E-state index in [0.717, 1.165) is 31.2 Å². The van der Waals surface area contributed by atoms with Gasteiger partial charge in [-0.25, -0.2) is 4.39 Å². The van der Waals surface area contributed by atoms with Crippen molar-refractivity contribution in [3.63, 3.8) is 0 Å². The van der Waals surface area contributed by atoms with Crippen LogP contribution in [-0.2, 0) is 10.2 Å². The molecule has 0 aliphatic heterocycles. The van der Waals surface area contributed by atoms with Crippen molar-refractivity contribution >= 4 is 5.97 Å². The molecule has 2 saturated carbocycles. The predicted molar refractivity (Wildman–Crippen MR) is 79.6 cm³/mol. The molecule has 2 aliphatic carbocycles. The minimum Gasteiger partial charge on any atom is -0.481 e. The minimum atomic E-state index is -0.687. The maximum atomic E-state index is 13.2. The average molecular weight is 290 g/mol. The fourth-order valence-corrected chi connectivity index (χ4v) is 5.10. The Morgan fingerprint density at radius 3 is 2.52 bits per heavy atom. The van der Waals surface area contributed by atoms with E-state index < -0.39 is 11.4 Å². The van der Waals surface area contributed by atoms with Crippen LogP contribution in [0.2, 0.25) is 0 Å². The van der Waals surface area contributed by atoms with Crippen molar-refractivity contribution in [2.24, 2.45) is 17.3 Å². The number of hydrogen-bond donors (Lipinski definition) is 1. The van der Waals surface area contributed by atoms with E-state index in [2.05, 4.69) is 6.92 Å². The molecule has 2 fully saturated rings. The maximum absolute atomic E-state index is 13.2. The summed E-state index contributed by atoms with van der Waals surface area (Å²) < 4.78 is 13.2. The molecule has 3 heteroatoms. The number of carbonyl (C=O) groups is 1. The molecule has 4 atom stereocenters. The van der Waals surface area contributed by atoms with Crippen molar-refractivity contribution in [3.8, 4) is 0 Å². The molecule has 0 saturated heterocycles. The largest absolute Gasteiger partial charge is 0.481 e. The number of hydrogen-bond acceptors (Lipinski definition) is 1. The van der Waals surface area contributed by atoms with Gasteiger partial charge in [-0.1, -0.05) is 19.1 Å². The Labute approximate surface area is 125 Å². The number of fused-ring (bicyclic) bond motifs is 2. The van der Waals surface area contributed by atoms with Crippen LogP contribution in [0.3, 0.4) is 0 Å². The second-order valence-electron chi connectivity index (χ2n) is 7.65. The first kappa shape index (κ1) is 14.6. The lowest BCUT2D eigenvalue weighted by Gasteiger charge is -2.53. The molecule has 3 rings (SSSR count). The summed E-state index contributed by atoms with van der Waals surface area (Å²) in [5.41, 5.74) is 0.367.